The molecule has 21 heavy (non-hydrogen) atoms. The van der Waals surface area contributed by atoms with Crippen LogP contribution in [0.3, 0.4) is 0 Å². The molecule has 6 heteroatoms. The van der Waals surface area contributed by atoms with Crippen molar-refractivity contribution >= 4 is 22.3 Å². The summed E-state index contributed by atoms with van der Waals surface area (Å²) in [5.74, 6) is -0.836. The number of nitrogens with one attached hydrogen (secondary N) is 2. The maximum absolute atomic E-state index is 13.3. The molecule has 0 radical (unpaired) electrons. The number of aromatic amines is 1. The van der Waals surface area contributed by atoms with Gasteiger partial charge in [0.25, 0.3) is 0 Å². The first kappa shape index (κ1) is 13.1. The number of aromatic nitrogens is 1. The first-order valence-electron chi connectivity index (χ1n) is 6.38. The summed E-state index contributed by atoms with van der Waals surface area (Å²) in [6.07, 6.45) is 1.88. The normalized spacial score (nSPS) is 10.7. The highest BCUT2D eigenvalue weighted by molar-refractivity contribution is 5.83. The van der Waals surface area contributed by atoms with E-state index in [4.69, 9.17) is 0 Å². The summed E-state index contributed by atoms with van der Waals surface area (Å²) < 4.78 is 13.3. The first-order chi connectivity index (χ1) is 10.1. The lowest BCUT2D eigenvalue weighted by molar-refractivity contribution is -0.387. The Labute approximate surface area is 119 Å². The van der Waals surface area contributed by atoms with Crippen LogP contribution in [0.1, 0.15) is 5.56 Å². The number of para-hydroxylation sites is 1. The van der Waals surface area contributed by atoms with Crippen molar-refractivity contribution in [1.29, 1.82) is 0 Å². The second-order valence-electron chi connectivity index (χ2n) is 4.64. The third kappa shape index (κ3) is 2.55. The minimum Gasteiger partial charge on any atom is -0.381 e. The highest BCUT2D eigenvalue weighted by Gasteiger charge is 2.14. The Balaban J connectivity index is 1.82. The number of anilines is 1. The summed E-state index contributed by atoms with van der Waals surface area (Å²) in [6.45, 7) is 0.493. The fraction of sp³-hybridized carbons (Fsp3) is 0.0667. The van der Waals surface area contributed by atoms with Gasteiger partial charge in [0, 0.05) is 35.4 Å². The van der Waals surface area contributed by atoms with Gasteiger partial charge in [-0.2, -0.15) is 4.39 Å². The van der Waals surface area contributed by atoms with Crippen LogP contribution in [0.5, 0.6) is 0 Å². The van der Waals surface area contributed by atoms with Crippen LogP contribution in [0.2, 0.25) is 0 Å². The molecule has 0 atom stereocenters. The molecule has 106 valence electrons. The Kier molecular flexibility index (Phi) is 3.27. The van der Waals surface area contributed by atoms with Crippen LogP contribution in [0.15, 0.2) is 48.7 Å². The molecule has 0 saturated carbocycles. The van der Waals surface area contributed by atoms with E-state index in [9.17, 15) is 14.5 Å². The average molecular weight is 285 g/mol. The van der Waals surface area contributed by atoms with Crippen molar-refractivity contribution in [3.63, 3.8) is 0 Å². The highest BCUT2D eigenvalue weighted by atomic mass is 19.1. The van der Waals surface area contributed by atoms with E-state index in [0.717, 1.165) is 22.5 Å². The Morgan fingerprint density at radius 2 is 2.05 bits per heavy atom. The van der Waals surface area contributed by atoms with Crippen molar-refractivity contribution in [2.75, 3.05) is 5.32 Å². The van der Waals surface area contributed by atoms with E-state index in [1.54, 1.807) is 0 Å². The summed E-state index contributed by atoms with van der Waals surface area (Å²) in [6, 6.07) is 11.6. The second-order valence-corrected chi connectivity index (χ2v) is 4.64. The molecule has 0 spiro atoms. The van der Waals surface area contributed by atoms with Crippen LogP contribution in [0.4, 0.5) is 15.8 Å². The summed E-state index contributed by atoms with van der Waals surface area (Å²) in [4.78, 5) is 13.1. The smallest absolute Gasteiger partial charge is 0.306 e. The standard InChI is InChI=1S/C15H12FN3O2/c16-13-6-5-11(7-15(13)19(20)21)17-8-10-9-18-14-4-2-1-3-12(10)14/h1-7,9,17-18H,8H2. The Bertz CT molecular complexity index is 814. The van der Waals surface area contributed by atoms with Gasteiger partial charge in [-0.3, -0.25) is 10.1 Å². The van der Waals surface area contributed by atoms with E-state index in [1.807, 2.05) is 30.5 Å². The van der Waals surface area contributed by atoms with Gasteiger partial charge in [0.05, 0.1) is 4.92 Å². The number of fused-ring (bicyclic) bond motifs is 1. The lowest BCUT2D eigenvalue weighted by Gasteiger charge is -2.06. The first-order valence-corrected chi connectivity index (χ1v) is 6.38. The average Bonchev–Trinajstić information content (AvgIpc) is 2.89. The molecule has 0 aliphatic carbocycles. The van der Waals surface area contributed by atoms with Gasteiger partial charge in [0.1, 0.15) is 0 Å². The maximum Gasteiger partial charge on any atom is 0.306 e. The van der Waals surface area contributed by atoms with Crippen LogP contribution in [0.25, 0.3) is 10.9 Å². The molecular formula is C15H12FN3O2. The van der Waals surface area contributed by atoms with Crippen molar-refractivity contribution < 1.29 is 9.31 Å². The zero-order chi connectivity index (χ0) is 14.8. The van der Waals surface area contributed by atoms with Crippen molar-refractivity contribution in [3.05, 3.63) is 70.2 Å². The zero-order valence-electron chi connectivity index (χ0n) is 11.0. The summed E-state index contributed by atoms with van der Waals surface area (Å²) in [5, 5.41) is 14.9. The third-order valence-corrected chi connectivity index (χ3v) is 3.30. The predicted molar refractivity (Wildman–Crippen MR) is 78.7 cm³/mol. The third-order valence-electron chi connectivity index (χ3n) is 3.30. The Morgan fingerprint density at radius 3 is 2.86 bits per heavy atom. The largest absolute Gasteiger partial charge is 0.381 e. The lowest BCUT2D eigenvalue weighted by Crippen LogP contribution is -2.00. The van der Waals surface area contributed by atoms with Crippen molar-refractivity contribution in [1.82, 2.24) is 4.98 Å². The van der Waals surface area contributed by atoms with Crippen molar-refractivity contribution in [2.24, 2.45) is 0 Å². The van der Waals surface area contributed by atoms with E-state index in [0.29, 0.717) is 12.2 Å². The number of rotatable bonds is 4. The zero-order valence-corrected chi connectivity index (χ0v) is 11.0. The van der Waals surface area contributed by atoms with Crippen molar-refractivity contribution in [3.8, 4) is 0 Å². The fourth-order valence-electron chi connectivity index (χ4n) is 2.24. The number of H-pyrrole nitrogens is 1. The molecule has 2 N–H and O–H groups in total. The number of benzene rings is 2. The van der Waals surface area contributed by atoms with Crippen LogP contribution < -0.4 is 5.32 Å². The molecule has 0 saturated heterocycles. The number of nitro groups is 1. The van der Waals surface area contributed by atoms with E-state index in [-0.39, 0.29) is 0 Å². The summed E-state index contributed by atoms with van der Waals surface area (Å²) >= 11 is 0. The molecule has 0 bridgehead atoms. The number of nitrogens with zero attached hydrogens (tertiary/aromatic N) is 1. The summed E-state index contributed by atoms with van der Waals surface area (Å²) in [7, 11) is 0. The molecule has 0 amide bonds. The number of hydrogen-bond acceptors (Lipinski definition) is 3. The van der Waals surface area contributed by atoms with E-state index < -0.39 is 16.4 Å². The summed E-state index contributed by atoms with van der Waals surface area (Å²) in [5.41, 5.74) is 2.05. The minimum atomic E-state index is -0.836. The van der Waals surface area contributed by atoms with Gasteiger partial charge in [0.15, 0.2) is 0 Å². The van der Waals surface area contributed by atoms with Gasteiger partial charge in [-0.15, -0.1) is 0 Å². The molecule has 5 nitrogen and oxygen atoms in total. The van der Waals surface area contributed by atoms with Gasteiger partial charge in [0.2, 0.25) is 5.82 Å². The van der Waals surface area contributed by atoms with E-state index in [1.165, 1.54) is 12.1 Å². The SMILES string of the molecule is O=[N+]([O-])c1cc(NCc2c[nH]c3ccccc23)ccc1F. The van der Waals surface area contributed by atoms with Gasteiger partial charge in [-0.25, -0.2) is 0 Å². The number of hydrogen-bond donors (Lipinski definition) is 2. The Hall–Kier alpha value is -2.89. The molecule has 3 rings (SSSR count). The lowest BCUT2D eigenvalue weighted by atomic mass is 10.1. The monoisotopic (exact) mass is 285 g/mol. The second kappa shape index (κ2) is 5.24. The molecular weight excluding hydrogens is 273 g/mol. The fourth-order valence-corrected chi connectivity index (χ4v) is 2.24. The van der Waals surface area contributed by atoms with Crippen LogP contribution in [0, 0.1) is 15.9 Å². The highest BCUT2D eigenvalue weighted by Crippen LogP contribution is 2.23. The number of halogens is 1. The topological polar surface area (TPSA) is 71.0 Å². The molecule has 1 heterocycles. The predicted octanol–water partition coefficient (Wildman–Crippen LogP) is 3.83. The molecule has 0 aliphatic heterocycles. The maximum atomic E-state index is 13.3. The van der Waals surface area contributed by atoms with E-state index >= 15 is 0 Å². The molecule has 0 aliphatic rings. The van der Waals surface area contributed by atoms with Gasteiger partial charge in [-0.05, 0) is 23.8 Å². The Morgan fingerprint density at radius 1 is 1.24 bits per heavy atom. The number of nitro benzene ring substituents is 1. The van der Waals surface area contributed by atoms with Crippen LogP contribution in [-0.4, -0.2) is 9.91 Å². The van der Waals surface area contributed by atoms with Crippen LogP contribution in [-0.2, 0) is 6.54 Å². The molecule has 0 fully saturated rings. The molecule has 3 aromatic rings. The molecule has 1 aromatic heterocycles. The van der Waals surface area contributed by atoms with Crippen LogP contribution >= 0.6 is 0 Å². The molecule has 2 aromatic carbocycles. The van der Waals surface area contributed by atoms with Crippen molar-refractivity contribution in [2.45, 2.75) is 6.54 Å². The van der Waals surface area contributed by atoms with Gasteiger partial charge >= 0.3 is 5.69 Å². The molecule has 0 unspecified atom stereocenters. The van der Waals surface area contributed by atoms with Gasteiger partial charge < -0.3 is 10.3 Å². The quantitative estimate of drug-likeness (QED) is 0.565. The van der Waals surface area contributed by atoms with Gasteiger partial charge in [-0.1, -0.05) is 18.2 Å². The minimum absolute atomic E-state index is 0.493. The van der Waals surface area contributed by atoms with E-state index in [2.05, 4.69) is 10.3 Å².